The van der Waals surface area contributed by atoms with Crippen molar-refractivity contribution in [2.45, 2.75) is 104 Å². The Hall–Kier alpha value is -2.57. The first-order valence-electron chi connectivity index (χ1n) is 14.3. The van der Waals surface area contributed by atoms with E-state index in [0.717, 1.165) is 24.0 Å². The molecular formula is C31H42Cl2N4O2. The Morgan fingerprint density at radius 1 is 0.923 bits per heavy atom. The van der Waals surface area contributed by atoms with Crippen molar-refractivity contribution in [2.24, 2.45) is 4.99 Å². The van der Waals surface area contributed by atoms with Gasteiger partial charge in [0.15, 0.2) is 0 Å². The van der Waals surface area contributed by atoms with Crippen molar-refractivity contribution in [1.29, 1.82) is 0 Å². The van der Waals surface area contributed by atoms with Crippen LogP contribution in [0.25, 0.3) is 0 Å². The van der Waals surface area contributed by atoms with Gasteiger partial charge >= 0.3 is 0 Å². The molecule has 0 atom stereocenters. The third kappa shape index (κ3) is 9.84. The largest absolute Gasteiger partial charge is 0.326 e. The second-order valence-corrected chi connectivity index (χ2v) is 11.3. The number of hydrogen-bond acceptors (Lipinski definition) is 3. The Bertz CT molecular complexity index is 1140. The van der Waals surface area contributed by atoms with Crippen LogP contribution in [-0.4, -0.2) is 17.6 Å². The molecule has 1 aliphatic heterocycles. The number of benzene rings is 2. The van der Waals surface area contributed by atoms with Gasteiger partial charge in [0, 0.05) is 12.1 Å². The number of nitrogens with zero attached hydrogens (tertiary/aromatic N) is 2. The second kappa shape index (κ2) is 15.9. The maximum Gasteiger partial charge on any atom is 0.253 e. The average Bonchev–Trinajstić information content (AvgIpc) is 3.23. The molecule has 0 saturated carbocycles. The first-order valence-corrected chi connectivity index (χ1v) is 15.1. The number of hydrogen-bond donors (Lipinski definition) is 2. The lowest BCUT2D eigenvalue weighted by atomic mass is 10.1. The van der Waals surface area contributed by atoms with E-state index in [9.17, 15) is 9.59 Å². The fourth-order valence-electron chi connectivity index (χ4n) is 4.88. The predicted octanol–water partition coefficient (Wildman–Crippen LogP) is 9.22. The molecule has 212 valence electrons. The second-order valence-electron chi connectivity index (χ2n) is 10.5. The molecule has 0 radical (unpaired) electrons. The molecule has 0 bridgehead atoms. The summed E-state index contributed by atoms with van der Waals surface area (Å²) in [5.74, 6) is 0.286. The third-order valence-electron chi connectivity index (χ3n) is 6.92. The van der Waals surface area contributed by atoms with Crippen molar-refractivity contribution in [3.63, 3.8) is 0 Å². The summed E-state index contributed by atoms with van der Waals surface area (Å²) in [5.41, 5.74) is 6.70. The summed E-state index contributed by atoms with van der Waals surface area (Å²) < 4.78 is 0. The van der Waals surface area contributed by atoms with Crippen LogP contribution < -0.4 is 15.8 Å². The number of anilines is 2. The van der Waals surface area contributed by atoms with Crippen LogP contribution in [0.4, 0.5) is 17.1 Å². The summed E-state index contributed by atoms with van der Waals surface area (Å²) in [7, 11) is 0. The van der Waals surface area contributed by atoms with E-state index in [4.69, 9.17) is 23.2 Å². The molecule has 6 nitrogen and oxygen atoms in total. The molecule has 39 heavy (non-hydrogen) atoms. The quantitative estimate of drug-likeness (QED) is 0.209. The molecule has 2 N–H and O–H groups in total. The molecule has 0 unspecified atom stereocenters. The molecule has 2 amide bonds. The zero-order chi connectivity index (χ0) is 28.2. The fourth-order valence-corrected chi connectivity index (χ4v) is 5.45. The summed E-state index contributed by atoms with van der Waals surface area (Å²) in [6.07, 6.45) is 14.3. The van der Waals surface area contributed by atoms with Gasteiger partial charge in [0.1, 0.15) is 5.84 Å². The number of amidine groups is 1. The number of unbranched alkanes of at least 4 members (excludes halogenated alkanes) is 10. The predicted molar refractivity (Wildman–Crippen MR) is 164 cm³/mol. The van der Waals surface area contributed by atoms with Crippen LogP contribution >= 0.6 is 23.2 Å². The van der Waals surface area contributed by atoms with Crippen molar-refractivity contribution in [2.75, 3.05) is 10.3 Å². The maximum absolute atomic E-state index is 12.7. The number of rotatable bonds is 15. The van der Waals surface area contributed by atoms with Gasteiger partial charge in [-0.1, -0.05) is 100 Å². The Kier molecular flexibility index (Phi) is 12.6. The normalized spacial score (nSPS) is 14.2. The first-order chi connectivity index (χ1) is 18.8. The van der Waals surface area contributed by atoms with E-state index in [1.165, 1.54) is 62.8 Å². The van der Waals surface area contributed by atoms with E-state index in [1.807, 2.05) is 26.0 Å². The molecular weight excluding hydrogens is 531 g/mol. The SMILES string of the molecule is CCCCCCCCCCCCCC(=O)Nc1ccc(Cl)c(N=C2CC(=O)N(c3c(C)cc(C)cc3Cl)N2)c1. The van der Waals surface area contributed by atoms with E-state index >= 15 is 0 Å². The maximum atomic E-state index is 12.7. The summed E-state index contributed by atoms with van der Waals surface area (Å²) in [6.45, 7) is 6.12. The highest BCUT2D eigenvalue weighted by Gasteiger charge is 2.30. The molecule has 1 saturated heterocycles. The van der Waals surface area contributed by atoms with Gasteiger partial charge in [-0.05, 0) is 55.7 Å². The number of nitrogens with one attached hydrogen (secondary N) is 2. The van der Waals surface area contributed by atoms with Gasteiger partial charge in [-0.25, -0.2) is 10.0 Å². The summed E-state index contributed by atoms with van der Waals surface area (Å²) >= 11 is 12.8. The Morgan fingerprint density at radius 3 is 2.21 bits per heavy atom. The highest BCUT2D eigenvalue weighted by molar-refractivity contribution is 6.35. The van der Waals surface area contributed by atoms with Crippen molar-refractivity contribution in [1.82, 2.24) is 5.43 Å². The van der Waals surface area contributed by atoms with Gasteiger partial charge in [-0.2, -0.15) is 0 Å². The van der Waals surface area contributed by atoms with Gasteiger partial charge in [-0.3, -0.25) is 15.0 Å². The number of aliphatic imine (C=N–C) groups is 1. The molecule has 8 heteroatoms. The monoisotopic (exact) mass is 572 g/mol. The van der Waals surface area contributed by atoms with E-state index in [-0.39, 0.29) is 18.2 Å². The smallest absolute Gasteiger partial charge is 0.253 e. The van der Waals surface area contributed by atoms with Crippen molar-refractivity contribution in [3.05, 3.63) is 51.5 Å². The standard InChI is InChI=1S/C31H42Cl2N4O2/c1-4-5-6-7-8-9-10-11-12-13-14-15-29(38)34-24-16-17-25(32)27(20-24)35-28-21-30(39)37(36-28)31-23(3)18-22(2)19-26(31)33/h16-20H,4-15,21H2,1-3H3,(H,34,38)(H,35,36). The third-order valence-corrected chi connectivity index (χ3v) is 7.53. The summed E-state index contributed by atoms with van der Waals surface area (Å²) in [6, 6.07) is 9.00. The van der Waals surface area contributed by atoms with Crippen LogP contribution in [0, 0.1) is 13.8 Å². The lowest BCUT2D eigenvalue weighted by Crippen LogP contribution is -2.36. The zero-order valence-corrected chi connectivity index (χ0v) is 25.1. The van der Waals surface area contributed by atoms with Crippen LogP contribution in [0.5, 0.6) is 0 Å². The van der Waals surface area contributed by atoms with E-state index in [1.54, 1.807) is 18.2 Å². The van der Waals surface area contributed by atoms with Crippen molar-refractivity contribution in [3.8, 4) is 0 Å². The van der Waals surface area contributed by atoms with Gasteiger partial charge in [0.2, 0.25) is 5.91 Å². The van der Waals surface area contributed by atoms with Crippen LogP contribution in [0.1, 0.15) is 102 Å². The molecule has 0 aromatic heterocycles. The Morgan fingerprint density at radius 2 is 1.56 bits per heavy atom. The molecule has 1 aliphatic rings. The van der Waals surface area contributed by atoms with Crippen molar-refractivity contribution < 1.29 is 9.59 Å². The molecule has 2 aromatic carbocycles. The average molecular weight is 574 g/mol. The van der Waals surface area contributed by atoms with E-state index < -0.39 is 0 Å². The highest BCUT2D eigenvalue weighted by atomic mass is 35.5. The molecule has 0 aliphatic carbocycles. The number of hydrazine groups is 1. The number of halogens is 2. The summed E-state index contributed by atoms with van der Waals surface area (Å²) in [5, 5.41) is 5.31. The van der Waals surface area contributed by atoms with Gasteiger partial charge in [0.05, 0.1) is 27.8 Å². The van der Waals surface area contributed by atoms with Crippen LogP contribution in [-0.2, 0) is 9.59 Å². The highest BCUT2D eigenvalue weighted by Crippen LogP contribution is 2.33. The minimum Gasteiger partial charge on any atom is -0.326 e. The summed E-state index contributed by atoms with van der Waals surface area (Å²) in [4.78, 5) is 29.8. The number of aryl methyl sites for hydroxylation is 2. The first kappa shape index (κ1) is 31.0. The van der Waals surface area contributed by atoms with Crippen LogP contribution in [0.3, 0.4) is 0 Å². The lowest BCUT2D eigenvalue weighted by molar-refractivity contribution is -0.117. The fraction of sp³-hybridized carbons (Fsp3) is 0.516. The topological polar surface area (TPSA) is 73.8 Å². The van der Waals surface area contributed by atoms with Crippen molar-refractivity contribution >= 4 is 57.9 Å². The van der Waals surface area contributed by atoms with E-state index in [0.29, 0.717) is 39.4 Å². The van der Waals surface area contributed by atoms with Gasteiger partial charge in [0.25, 0.3) is 5.91 Å². The number of carbonyl (C=O) groups excluding carboxylic acids is 2. The Balaban J connectivity index is 1.46. The molecule has 3 rings (SSSR count). The minimum atomic E-state index is -0.157. The molecule has 1 fully saturated rings. The van der Waals surface area contributed by atoms with Gasteiger partial charge < -0.3 is 5.32 Å². The molecule has 0 spiro atoms. The van der Waals surface area contributed by atoms with Crippen LogP contribution in [0.15, 0.2) is 35.3 Å². The molecule has 2 aromatic rings. The number of amides is 2. The van der Waals surface area contributed by atoms with E-state index in [2.05, 4.69) is 22.7 Å². The Labute approximate surface area is 243 Å². The van der Waals surface area contributed by atoms with Crippen LogP contribution in [0.2, 0.25) is 10.0 Å². The zero-order valence-electron chi connectivity index (χ0n) is 23.5. The molecule has 1 heterocycles. The number of carbonyl (C=O) groups is 2. The lowest BCUT2D eigenvalue weighted by Gasteiger charge is -2.20. The van der Waals surface area contributed by atoms with Gasteiger partial charge in [-0.15, -0.1) is 0 Å². The minimum absolute atomic E-state index is 0.0170.